The van der Waals surface area contributed by atoms with Gasteiger partial charge in [-0.1, -0.05) is 54.8 Å². The van der Waals surface area contributed by atoms with Gasteiger partial charge in [-0.25, -0.2) is 4.98 Å². The van der Waals surface area contributed by atoms with E-state index in [0.717, 1.165) is 25.7 Å². The maximum absolute atomic E-state index is 12.2. The van der Waals surface area contributed by atoms with E-state index in [2.05, 4.69) is 29.0 Å². The smallest absolute Gasteiger partial charge is 0.258 e. The fourth-order valence-electron chi connectivity index (χ4n) is 2.02. The third kappa shape index (κ3) is 4.37. The first-order valence-corrected chi connectivity index (χ1v) is 10.4. The summed E-state index contributed by atoms with van der Waals surface area (Å²) in [7, 11) is 0. The monoisotopic (exact) mass is 378 g/mol. The summed E-state index contributed by atoms with van der Waals surface area (Å²) in [5.74, 6) is 2.29. The first kappa shape index (κ1) is 17.4. The van der Waals surface area contributed by atoms with Crippen LogP contribution in [0, 0.1) is 12.8 Å². The maximum atomic E-state index is 12.2. The predicted molar refractivity (Wildman–Crippen MR) is 101 cm³/mol. The van der Waals surface area contributed by atoms with Crippen molar-refractivity contribution in [3.8, 4) is 0 Å². The first-order valence-electron chi connectivity index (χ1n) is 7.59. The second kappa shape index (κ2) is 7.67. The number of aromatic nitrogens is 4. The second-order valence-electron chi connectivity index (χ2n) is 5.85. The summed E-state index contributed by atoms with van der Waals surface area (Å²) in [5, 5.41) is 8.41. The number of fused-ring (bicyclic) bond motifs is 1. The van der Waals surface area contributed by atoms with E-state index in [1.54, 1.807) is 45.3 Å². The normalized spacial score (nSPS) is 11.5. The van der Waals surface area contributed by atoms with Gasteiger partial charge in [-0.15, -0.1) is 10.2 Å². The summed E-state index contributed by atoms with van der Waals surface area (Å²) in [6.07, 6.45) is 1.81. The summed E-state index contributed by atoms with van der Waals surface area (Å²) < 4.78 is 3.48. The van der Waals surface area contributed by atoms with Crippen LogP contribution in [0.3, 0.4) is 0 Å². The second-order valence-corrected chi connectivity index (χ2v) is 9.31. The van der Waals surface area contributed by atoms with Crippen LogP contribution in [0.15, 0.2) is 37.9 Å². The molecule has 0 aliphatic heterocycles. The van der Waals surface area contributed by atoms with E-state index in [1.807, 2.05) is 25.3 Å². The molecule has 0 atom stereocenters. The minimum Gasteiger partial charge on any atom is -0.269 e. The van der Waals surface area contributed by atoms with Gasteiger partial charge < -0.3 is 0 Å². The number of aryl methyl sites for hydroxylation is 1. The van der Waals surface area contributed by atoms with Gasteiger partial charge in [0.15, 0.2) is 8.68 Å². The average molecular weight is 379 g/mol. The lowest BCUT2D eigenvalue weighted by atomic mass is 10.3. The van der Waals surface area contributed by atoms with Crippen LogP contribution >= 0.6 is 34.9 Å². The Morgan fingerprint density at radius 2 is 1.96 bits per heavy atom. The molecule has 126 valence electrons. The van der Waals surface area contributed by atoms with Gasteiger partial charge in [0.2, 0.25) is 0 Å². The molecule has 3 aromatic rings. The Kier molecular flexibility index (Phi) is 5.57. The topological polar surface area (TPSA) is 60.2 Å². The molecule has 8 heteroatoms. The highest BCUT2D eigenvalue weighted by atomic mass is 32.2. The number of hydrogen-bond acceptors (Lipinski definition) is 7. The molecule has 0 unspecified atom stereocenters. The van der Waals surface area contributed by atoms with Crippen molar-refractivity contribution < 1.29 is 0 Å². The van der Waals surface area contributed by atoms with Crippen LogP contribution in [-0.2, 0) is 5.75 Å². The molecule has 0 spiro atoms. The van der Waals surface area contributed by atoms with Crippen LogP contribution in [0.5, 0.6) is 0 Å². The SMILES string of the molecule is Cc1ccc2nc(CSc3nnc(SCC(C)C)s3)cc(=O)n2c1. The molecule has 3 aromatic heterocycles. The minimum atomic E-state index is -0.0512. The number of hydrogen-bond donors (Lipinski definition) is 0. The fraction of sp³-hybridized carbons (Fsp3) is 0.375. The zero-order chi connectivity index (χ0) is 17.1. The lowest BCUT2D eigenvalue weighted by molar-refractivity contribution is 0.749. The number of thioether (sulfide) groups is 2. The molecule has 0 bridgehead atoms. The molecule has 5 nitrogen and oxygen atoms in total. The van der Waals surface area contributed by atoms with Gasteiger partial charge >= 0.3 is 0 Å². The number of nitrogens with zero attached hydrogens (tertiary/aromatic N) is 4. The van der Waals surface area contributed by atoms with E-state index in [0.29, 0.717) is 17.3 Å². The Morgan fingerprint density at radius 1 is 1.21 bits per heavy atom. The number of rotatable bonds is 6. The summed E-state index contributed by atoms with van der Waals surface area (Å²) in [5.41, 5.74) is 2.42. The Labute approximate surface area is 152 Å². The fourth-order valence-corrected chi connectivity index (χ4v) is 4.91. The third-order valence-corrected chi connectivity index (χ3v) is 6.78. The third-order valence-electron chi connectivity index (χ3n) is 3.13. The molecule has 0 saturated heterocycles. The quantitative estimate of drug-likeness (QED) is 0.606. The number of pyridine rings is 1. The summed E-state index contributed by atoms with van der Waals surface area (Å²) in [6, 6.07) is 5.42. The lowest BCUT2D eigenvalue weighted by Crippen LogP contribution is -2.15. The zero-order valence-corrected chi connectivity index (χ0v) is 16.2. The largest absolute Gasteiger partial charge is 0.269 e. The Morgan fingerprint density at radius 3 is 2.71 bits per heavy atom. The molecule has 0 fully saturated rings. The molecule has 0 aliphatic rings. The van der Waals surface area contributed by atoms with Crippen LogP contribution in [-0.4, -0.2) is 25.3 Å². The molecule has 0 aliphatic carbocycles. The molecular formula is C16H18N4OS3. The van der Waals surface area contributed by atoms with Gasteiger partial charge in [0.1, 0.15) is 5.65 Å². The minimum absolute atomic E-state index is 0.0512. The summed E-state index contributed by atoms with van der Waals surface area (Å²) in [6.45, 7) is 6.34. The van der Waals surface area contributed by atoms with Gasteiger partial charge in [-0.3, -0.25) is 9.20 Å². The van der Waals surface area contributed by atoms with Gasteiger partial charge in [0, 0.05) is 23.8 Å². The van der Waals surface area contributed by atoms with Crippen molar-refractivity contribution in [1.29, 1.82) is 0 Å². The van der Waals surface area contributed by atoms with Crippen LogP contribution < -0.4 is 5.56 Å². The predicted octanol–water partition coefficient (Wildman–Crippen LogP) is 3.89. The standard InChI is InChI=1S/C16H18N4OS3/c1-10(2)8-22-15-18-19-16(24-15)23-9-12-6-14(21)20-7-11(3)4-5-13(20)17-12/h4-7,10H,8-9H2,1-3H3. The van der Waals surface area contributed by atoms with Gasteiger partial charge in [-0.05, 0) is 24.5 Å². The van der Waals surface area contributed by atoms with Crippen molar-refractivity contribution in [3.05, 3.63) is 46.0 Å². The van der Waals surface area contributed by atoms with Crippen molar-refractivity contribution in [2.45, 2.75) is 35.2 Å². The average Bonchev–Trinajstić information content (AvgIpc) is 3.00. The highest BCUT2D eigenvalue weighted by Crippen LogP contribution is 2.31. The van der Waals surface area contributed by atoms with Crippen molar-refractivity contribution in [1.82, 2.24) is 19.6 Å². The Bertz CT molecular complexity index is 904. The highest BCUT2D eigenvalue weighted by Gasteiger charge is 2.09. The van der Waals surface area contributed by atoms with Crippen molar-refractivity contribution in [2.75, 3.05) is 5.75 Å². The van der Waals surface area contributed by atoms with E-state index in [9.17, 15) is 4.79 Å². The van der Waals surface area contributed by atoms with E-state index in [1.165, 1.54) is 0 Å². The van der Waals surface area contributed by atoms with E-state index < -0.39 is 0 Å². The van der Waals surface area contributed by atoms with E-state index in [4.69, 9.17) is 0 Å². The molecule has 3 rings (SSSR count). The van der Waals surface area contributed by atoms with Gasteiger partial charge in [-0.2, -0.15) is 0 Å². The molecular weight excluding hydrogens is 360 g/mol. The molecule has 0 saturated carbocycles. The summed E-state index contributed by atoms with van der Waals surface area (Å²) in [4.78, 5) is 16.8. The zero-order valence-electron chi connectivity index (χ0n) is 13.7. The van der Waals surface area contributed by atoms with Crippen LogP contribution in [0.25, 0.3) is 5.65 Å². The molecule has 3 heterocycles. The van der Waals surface area contributed by atoms with Crippen molar-refractivity contribution in [3.63, 3.8) is 0 Å². The lowest BCUT2D eigenvalue weighted by Gasteiger charge is -2.04. The molecule has 0 radical (unpaired) electrons. The van der Waals surface area contributed by atoms with Crippen LogP contribution in [0.4, 0.5) is 0 Å². The molecule has 0 N–H and O–H groups in total. The molecule has 0 aromatic carbocycles. The Balaban J connectivity index is 1.69. The first-order chi connectivity index (χ1) is 11.5. The highest BCUT2D eigenvalue weighted by molar-refractivity contribution is 8.02. The van der Waals surface area contributed by atoms with Gasteiger partial charge in [0.25, 0.3) is 5.56 Å². The van der Waals surface area contributed by atoms with E-state index >= 15 is 0 Å². The van der Waals surface area contributed by atoms with Crippen molar-refractivity contribution in [2.24, 2.45) is 5.92 Å². The van der Waals surface area contributed by atoms with Gasteiger partial charge in [0.05, 0.1) is 5.69 Å². The maximum Gasteiger partial charge on any atom is 0.258 e. The summed E-state index contributed by atoms with van der Waals surface area (Å²) >= 11 is 4.91. The van der Waals surface area contributed by atoms with E-state index in [-0.39, 0.29) is 5.56 Å². The Hall–Kier alpha value is -1.38. The van der Waals surface area contributed by atoms with Crippen LogP contribution in [0.1, 0.15) is 25.1 Å². The molecule has 24 heavy (non-hydrogen) atoms. The van der Waals surface area contributed by atoms with Crippen LogP contribution in [0.2, 0.25) is 0 Å². The van der Waals surface area contributed by atoms with Crippen molar-refractivity contribution >= 4 is 40.5 Å². The molecule has 0 amide bonds.